The van der Waals surface area contributed by atoms with E-state index in [1.54, 1.807) is 0 Å². The number of hydrogen-bond donors (Lipinski definition) is 0. The average molecular weight is 350 g/mol. The van der Waals surface area contributed by atoms with Gasteiger partial charge in [0.15, 0.2) is 17.5 Å². The van der Waals surface area contributed by atoms with Gasteiger partial charge in [-0.15, -0.1) is 11.6 Å². The Kier molecular flexibility index (Phi) is 4.53. The molecule has 0 saturated heterocycles. The van der Waals surface area contributed by atoms with Crippen LogP contribution in [0.25, 0.3) is 0 Å². The molecule has 0 aliphatic rings. The topological polar surface area (TPSA) is 0 Å². The Bertz CT molecular complexity index is 601. The Balaban J connectivity index is 2.25. The van der Waals surface area contributed by atoms with Gasteiger partial charge in [0.2, 0.25) is 0 Å². The van der Waals surface area contributed by atoms with Crippen LogP contribution >= 0.6 is 27.5 Å². The first kappa shape index (κ1) is 14.4. The molecule has 0 nitrogen and oxygen atoms in total. The second-order valence-electron chi connectivity index (χ2n) is 4.07. The fraction of sp³-hybridized carbons (Fsp3) is 0.143. The van der Waals surface area contributed by atoms with Gasteiger partial charge in [0, 0.05) is 10.0 Å². The molecule has 0 radical (unpaired) electrons. The average Bonchev–Trinajstić information content (AvgIpc) is 2.36. The lowest BCUT2D eigenvalue weighted by Crippen LogP contribution is -2.03. The zero-order valence-electron chi connectivity index (χ0n) is 9.64. The maximum Gasteiger partial charge on any atom is 0.194 e. The number of benzene rings is 2. The van der Waals surface area contributed by atoms with Crippen molar-refractivity contribution in [3.05, 3.63) is 69.4 Å². The van der Waals surface area contributed by atoms with Gasteiger partial charge >= 0.3 is 0 Å². The summed E-state index contributed by atoms with van der Waals surface area (Å²) in [6.45, 7) is 0. The van der Waals surface area contributed by atoms with Crippen LogP contribution in [0, 0.1) is 17.5 Å². The number of hydrogen-bond acceptors (Lipinski definition) is 0. The second-order valence-corrected chi connectivity index (χ2v) is 5.51. The van der Waals surface area contributed by atoms with Crippen molar-refractivity contribution in [2.24, 2.45) is 0 Å². The Morgan fingerprint density at radius 3 is 2.47 bits per heavy atom. The van der Waals surface area contributed by atoms with Crippen molar-refractivity contribution < 1.29 is 13.2 Å². The van der Waals surface area contributed by atoms with Crippen LogP contribution in [-0.4, -0.2) is 0 Å². The van der Waals surface area contributed by atoms with E-state index in [0.717, 1.165) is 16.1 Å². The van der Waals surface area contributed by atoms with E-state index in [0.29, 0.717) is 6.42 Å². The van der Waals surface area contributed by atoms with Gasteiger partial charge in [0.1, 0.15) is 0 Å². The zero-order valence-corrected chi connectivity index (χ0v) is 12.0. The number of halogens is 5. The van der Waals surface area contributed by atoms with Gasteiger partial charge in [-0.25, -0.2) is 13.2 Å². The predicted octanol–water partition coefficient (Wildman–Crippen LogP) is 5.39. The molecule has 1 unspecified atom stereocenters. The fourth-order valence-corrected chi connectivity index (χ4v) is 2.56. The van der Waals surface area contributed by atoms with Gasteiger partial charge in [-0.3, -0.25) is 0 Å². The summed E-state index contributed by atoms with van der Waals surface area (Å²) in [7, 11) is 0. The lowest BCUT2D eigenvalue weighted by Gasteiger charge is -2.12. The van der Waals surface area contributed by atoms with E-state index in [1.807, 2.05) is 24.3 Å². The van der Waals surface area contributed by atoms with E-state index in [9.17, 15) is 13.2 Å². The maximum atomic E-state index is 13.6. The molecular formula is C14H9BrClF3. The van der Waals surface area contributed by atoms with Gasteiger partial charge in [-0.05, 0) is 30.2 Å². The van der Waals surface area contributed by atoms with Gasteiger partial charge in [-0.2, -0.15) is 0 Å². The van der Waals surface area contributed by atoms with Crippen molar-refractivity contribution in [2.45, 2.75) is 11.8 Å². The second kappa shape index (κ2) is 5.97. The van der Waals surface area contributed by atoms with Crippen LogP contribution < -0.4 is 0 Å². The fourth-order valence-electron chi connectivity index (χ4n) is 1.76. The van der Waals surface area contributed by atoms with Gasteiger partial charge < -0.3 is 0 Å². The standard InChI is InChI=1S/C14H9BrClF3/c15-9-3-1-2-8(6-9)7-11(16)10-4-5-12(17)14(19)13(10)18/h1-6,11H,7H2. The minimum absolute atomic E-state index is 0.0412. The molecule has 0 aliphatic carbocycles. The van der Waals surface area contributed by atoms with E-state index in [1.165, 1.54) is 6.07 Å². The first-order valence-corrected chi connectivity index (χ1v) is 6.74. The lowest BCUT2D eigenvalue weighted by molar-refractivity contribution is 0.440. The Hall–Kier alpha value is -1.00. The van der Waals surface area contributed by atoms with Crippen molar-refractivity contribution >= 4 is 27.5 Å². The van der Waals surface area contributed by atoms with Crippen LogP contribution in [0.4, 0.5) is 13.2 Å². The molecule has 0 aliphatic heterocycles. The number of alkyl halides is 1. The third-order valence-electron chi connectivity index (χ3n) is 2.71. The highest BCUT2D eigenvalue weighted by molar-refractivity contribution is 9.10. The molecule has 19 heavy (non-hydrogen) atoms. The van der Waals surface area contributed by atoms with Crippen molar-refractivity contribution in [3.63, 3.8) is 0 Å². The Morgan fingerprint density at radius 2 is 1.79 bits per heavy atom. The van der Waals surface area contributed by atoms with Crippen molar-refractivity contribution in [1.29, 1.82) is 0 Å². The van der Waals surface area contributed by atoms with Crippen LogP contribution in [0.1, 0.15) is 16.5 Å². The summed E-state index contributed by atoms with van der Waals surface area (Å²) in [6.07, 6.45) is 0.322. The molecule has 0 amide bonds. The van der Waals surface area contributed by atoms with E-state index >= 15 is 0 Å². The van der Waals surface area contributed by atoms with Crippen molar-refractivity contribution in [2.75, 3.05) is 0 Å². The summed E-state index contributed by atoms with van der Waals surface area (Å²) in [5.74, 6) is -3.93. The normalized spacial score (nSPS) is 12.5. The molecule has 0 saturated carbocycles. The van der Waals surface area contributed by atoms with Crippen LogP contribution in [0.5, 0.6) is 0 Å². The summed E-state index contributed by atoms with van der Waals surface area (Å²) >= 11 is 9.40. The smallest absolute Gasteiger partial charge is 0.194 e. The molecular weight excluding hydrogens is 341 g/mol. The molecule has 2 rings (SSSR count). The third kappa shape index (κ3) is 3.31. The lowest BCUT2D eigenvalue weighted by atomic mass is 10.0. The van der Waals surface area contributed by atoms with Crippen LogP contribution in [0.3, 0.4) is 0 Å². The molecule has 5 heteroatoms. The van der Waals surface area contributed by atoms with Crippen LogP contribution in [-0.2, 0) is 6.42 Å². The predicted molar refractivity (Wildman–Crippen MR) is 72.8 cm³/mol. The molecule has 0 N–H and O–H groups in total. The van der Waals surface area contributed by atoms with E-state index in [-0.39, 0.29) is 5.56 Å². The monoisotopic (exact) mass is 348 g/mol. The number of rotatable bonds is 3. The largest absolute Gasteiger partial charge is 0.204 e. The Morgan fingerprint density at radius 1 is 1.05 bits per heavy atom. The highest BCUT2D eigenvalue weighted by atomic mass is 79.9. The van der Waals surface area contributed by atoms with Gasteiger partial charge in [0.25, 0.3) is 0 Å². The van der Waals surface area contributed by atoms with Gasteiger partial charge in [0.05, 0.1) is 5.38 Å². The molecule has 0 aromatic heterocycles. The molecule has 0 bridgehead atoms. The van der Waals surface area contributed by atoms with Gasteiger partial charge in [-0.1, -0.05) is 34.1 Å². The summed E-state index contributed by atoms with van der Waals surface area (Å²) in [5, 5.41) is -0.760. The highest BCUT2D eigenvalue weighted by Crippen LogP contribution is 2.29. The first-order chi connectivity index (χ1) is 8.99. The van der Waals surface area contributed by atoms with Crippen molar-refractivity contribution in [3.8, 4) is 0 Å². The Labute approximate surface area is 122 Å². The molecule has 0 heterocycles. The minimum Gasteiger partial charge on any atom is -0.204 e. The summed E-state index contributed by atoms with van der Waals surface area (Å²) in [4.78, 5) is 0. The molecule has 2 aromatic carbocycles. The van der Waals surface area contributed by atoms with E-state index < -0.39 is 22.8 Å². The molecule has 0 spiro atoms. The molecule has 1 atom stereocenters. The van der Waals surface area contributed by atoms with E-state index in [2.05, 4.69) is 15.9 Å². The SMILES string of the molecule is Fc1ccc(C(Cl)Cc2cccc(Br)c2)c(F)c1F. The highest BCUT2D eigenvalue weighted by Gasteiger charge is 2.19. The third-order valence-corrected chi connectivity index (χ3v) is 3.59. The summed E-state index contributed by atoms with van der Waals surface area (Å²) in [5.41, 5.74) is 0.832. The summed E-state index contributed by atoms with van der Waals surface area (Å²) < 4.78 is 40.4. The quantitative estimate of drug-likeness (QED) is 0.515. The van der Waals surface area contributed by atoms with E-state index in [4.69, 9.17) is 11.6 Å². The van der Waals surface area contributed by atoms with Crippen molar-refractivity contribution in [1.82, 2.24) is 0 Å². The molecule has 0 fully saturated rings. The minimum atomic E-state index is -1.49. The van der Waals surface area contributed by atoms with Crippen LogP contribution in [0.15, 0.2) is 40.9 Å². The molecule has 100 valence electrons. The first-order valence-electron chi connectivity index (χ1n) is 5.51. The van der Waals surface area contributed by atoms with Crippen LogP contribution in [0.2, 0.25) is 0 Å². The molecule has 2 aromatic rings. The zero-order chi connectivity index (χ0) is 14.0. The summed E-state index contributed by atoms with van der Waals surface area (Å²) in [6, 6.07) is 9.40. The maximum absolute atomic E-state index is 13.6.